The predicted molar refractivity (Wildman–Crippen MR) is 114 cm³/mol. The van der Waals surface area contributed by atoms with E-state index in [0.717, 1.165) is 5.56 Å². The highest BCUT2D eigenvalue weighted by Crippen LogP contribution is 2.27. The maximum absolute atomic E-state index is 12.7. The number of rotatable bonds is 8. The molecular weight excluding hydrogens is 458 g/mol. The molecule has 1 heterocycles. The second kappa shape index (κ2) is 9.34. The van der Waals surface area contributed by atoms with Crippen molar-refractivity contribution in [1.29, 1.82) is 0 Å². The molecule has 152 valence electrons. The van der Waals surface area contributed by atoms with E-state index >= 15 is 0 Å². The number of ether oxygens (including phenoxy) is 1. The molecule has 2 aromatic carbocycles. The number of nitrogens with zero attached hydrogens (tertiary/aromatic N) is 2. The summed E-state index contributed by atoms with van der Waals surface area (Å²) in [6, 6.07) is 17.3. The number of halogens is 1. The van der Waals surface area contributed by atoms with Gasteiger partial charge in [-0.1, -0.05) is 46.3 Å². The highest BCUT2D eigenvalue weighted by atomic mass is 79.9. The van der Waals surface area contributed by atoms with Crippen LogP contribution in [0.4, 0.5) is 0 Å². The van der Waals surface area contributed by atoms with Crippen LogP contribution in [-0.4, -0.2) is 31.3 Å². The SMILES string of the molecule is CCOc1ccc(Br)cc1S(=O)(=O)NCCn1nc(-c2ccccc2)ccc1=O. The Hall–Kier alpha value is -2.49. The molecule has 1 N–H and O–H groups in total. The number of hydrogen-bond acceptors (Lipinski definition) is 5. The van der Waals surface area contributed by atoms with Gasteiger partial charge in [-0.2, -0.15) is 5.10 Å². The Morgan fingerprint density at radius 1 is 1.10 bits per heavy atom. The van der Waals surface area contributed by atoms with Crippen LogP contribution in [0.3, 0.4) is 0 Å². The number of sulfonamides is 1. The summed E-state index contributed by atoms with van der Waals surface area (Å²) in [6.45, 7) is 2.22. The lowest BCUT2D eigenvalue weighted by Gasteiger charge is -2.13. The van der Waals surface area contributed by atoms with Gasteiger partial charge < -0.3 is 4.74 Å². The van der Waals surface area contributed by atoms with Gasteiger partial charge in [-0.25, -0.2) is 17.8 Å². The van der Waals surface area contributed by atoms with Gasteiger partial charge in [-0.05, 0) is 31.2 Å². The number of hydrogen-bond donors (Lipinski definition) is 1. The van der Waals surface area contributed by atoms with E-state index in [-0.39, 0.29) is 29.3 Å². The van der Waals surface area contributed by atoms with E-state index in [2.05, 4.69) is 25.8 Å². The first-order valence-corrected chi connectivity index (χ1v) is 11.2. The van der Waals surface area contributed by atoms with Crippen LogP contribution in [0.2, 0.25) is 0 Å². The number of benzene rings is 2. The van der Waals surface area contributed by atoms with Crippen LogP contribution < -0.4 is 15.0 Å². The first-order valence-electron chi connectivity index (χ1n) is 8.96. The van der Waals surface area contributed by atoms with Gasteiger partial charge in [0.1, 0.15) is 10.6 Å². The number of aromatic nitrogens is 2. The molecule has 0 amide bonds. The maximum Gasteiger partial charge on any atom is 0.266 e. The summed E-state index contributed by atoms with van der Waals surface area (Å²) in [7, 11) is -3.83. The first-order chi connectivity index (χ1) is 13.9. The van der Waals surface area contributed by atoms with Crippen molar-refractivity contribution in [3.8, 4) is 17.0 Å². The monoisotopic (exact) mass is 477 g/mol. The fourth-order valence-corrected chi connectivity index (χ4v) is 4.40. The summed E-state index contributed by atoms with van der Waals surface area (Å²) in [5.74, 6) is 0.268. The van der Waals surface area contributed by atoms with Gasteiger partial charge in [-0.3, -0.25) is 4.79 Å². The second-order valence-corrected chi connectivity index (χ2v) is 8.72. The summed E-state index contributed by atoms with van der Waals surface area (Å²) in [4.78, 5) is 12.1. The van der Waals surface area contributed by atoms with Crippen LogP contribution in [0, 0.1) is 0 Å². The summed E-state index contributed by atoms with van der Waals surface area (Å²) >= 11 is 3.28. The van der Waals surface area contributed by atoms with E-state index in [1.807, 2.05) is 30.3 Å². The molecule has 29 heavy (non-hydrogen) atoms. The lowest BCUT2D eigenvalue weighted by Crippen LogP contribution is -2.32. The van der Waals surface area contributed by atoms with Gasteiger partial charge in [0.05, 0.1) is 18.8 Å². The van der Waals surface area contributed by atoms with Crippen molar-refractivity contribution in [3.05, 3.63) is 75.5 Å². The summed E-state index contributed by atoms with van der Waals surface area (Å²) < 4.78 is 35.2. The largest absolute Gasteiger partial charge is 0.492 e. The molecule has 0 saturated heterocycles. The van der Waals surface area contributed by atoms with Crippen LogP contribution in [0.1, 0.15) is 6.92 Å². The van der Waals surface area contributed by atoms with E-state index in [0.29, 0.717) is 16.8 Å². The molecule has 0 bridgehead atoms. The minimum absolute atomic E-state index is 0.00552. The third kappa shape index (κ3) is 5.31. The zero-order valence-electron chi connectivity index (χ0n) is 15.7. The third-order valence-corrected chi connectivity index (χ3v) is 6.02. The Balaban J connectivity index is 1.76. The Labute approximate surface area is 177 Å². The van der Waals surface area contributed by atoms with Gasteiger partial charge in [0, 0.05) is 22.6 Å². The molecule has 9 heteroatoms. The van der Waals surface area contributed by atoms with Crippen molar-refractivity contribution in [2.75, 3.05) is 13.2 Å². The molecule has 0 fully saturated rings. The maximum atomic E-state index is 12.7. The first kappa shape index (κ1) is 21.2. The molecule has 0 aliphatic heterocycles. The van der Waals surface area contributed by atoms with Crippen LogP contribution in [0.25, 0.3) is 11.3 Å². The van der Waals surface area contributed by atoms with Crippen LogP contribution >= 0.6 is 15.9 Å². The lowest BCUT2D eigenvalue weighted by atomic mass is 10.1. The third-order valence-electron chi connectivity index (χ3n) is 4.05. The molecule has 0 saturated carbocycles. The van der Waals surface area contributed by atoms with E-state index in [4.69, 9.17) is 4.74 Å². The van der Waals surface area contributed by atoms with Crippen molar-refractivity contribution in [2.24, 2.45) is 0 Å². The molecule has 0 aliphatic rings. The summed E-state index contributed by atoms with van der Waals surface area (Å²) in [5, 5.41) is 4.33. The minimum Gasteiger partial charge on any atom is -0.492 e. The zero-order chi connectivity index (χ0) is 20.9. The van der Waals surface area contributed by atoms with Crippen LogP contribution in [0.15, 0.2) is 74.8 Å². The van der Waals surface area contributed by atoms with Crippen molar-refractivity contribution in [2.45, 2.75) is 18.4 Å². The van der Waals surface area contributed by atoms with Crippen LogP contribution in [0.5, 0.6) is 5.75 Å². The molecule has 0 radical (unpaired) electrons. The summed E-state index contributed by atoms with van der Waals surface area (Å²) in [6.07, 6.45) is 0. The fourth-order valence-electron chi connectivity index (χ4n) is 2.70. The van der Waals surface area contributed by atoms with E-state index in [1.165, 1.54) is 16.8 Å². The Morgan fingerprint density at radius 2 is 1.86 bits per heavy atom. The van der Waals surface area contributed by atoms with Crippen molar-refractivity contribution in [1.82, 2.24) is 14.5 Å². The average Bonchev–Trinajstić information content (AvgIpc) is 2.71. The number of nitrogens with one attached hydrogen (secondary N) is 1. The predicted octanol–water partition coefficient (Wildman–Crippen LogP) is 3.05. The zero-order valence-corrected chi connectivity index (χ0v) is 18.1. The highest BCUT2D eigenvalue weighted by Gasteiger charge is 2.20. The quantitative estimate of drug-likeness (QED) is 0.538. The highest BCUT2D eigenvalue weighted by molar-refractivity contribution is 9.10. The second-order valence-electron chi connectivity index (χ2n) is 6.07. The van der Waals surface area contributed by atoms with E-state index in [9.17, 15) is 13.2 Å². The van der Waals surface area contributed by atoms with E-state index < -0.39 is 10.0 Å². The molecular formula is C20H20BrN3O4S. The van der Waals surface area contributed by atoms with Gasteiger partial charge in [0.15, 0.2) is 0 Å². The van der Waals surface area contributed by atoms with Crippen LogP contribution in [-0.2, 0) is 16.6 Å². The minimum atomic E-state index is -3.83. The normalized spacial score (nSPS) is 11.4. The molecule has 0 unspecified atom stereocenters. The van der Waals surface area contributed by atoms with Crippen molar-refractivity contribution in [3.63, 3.8) is 0 Å². The van der Waals surface area contributed by atoms with Crippen molar-refractivity contribution >= 4 is 26.0 Å². The Bertz CT molecular complexity index is 1150. The molecule has 3 rings (SSSR count). The smallest absolute Gasteiger partial charge is 0.266 e. The topological polar surface area (TPSA) is 90.3 Å². The van der Waals surface area contributed by atoms with Gasteiger partial charge in [-0.15, -0.1) is 0 Å². The molecule has 0 atom stereocenters. The lowest BCUT2D eigenvalue weighted by molar-refractivity contribution is 0.331. The van der Waals surface area contributed by atoms with Gasteiger partial charge in [0.2, 0.25) is 10.0 Å². The molecule has 7 nitrogen and oxygen atoms in total. The Kier molecular flexibility index (Phi) is 6.83. The Morgan fingerprint density at radius 3 is 2.59 bits per heavy atom. The fraction of sp³-hybridized carbons (Fsp3) is 0.200. The van der Waals surface area contributed by atoms with Gasteiger partial charge >= 0.3 is 0 Å². The molecule has 3 aromatic rings. The van der Waals surface area contributed by atoms with E-state index in [1.54, 1.807) is 25.1 Å². The van der Waals surface area contributed by atoms with Crippen molar-refractivity contribution < 1.29 is 13.2 Å². The summed E-state index contributed by atoms with van der Waals surface area (Å²) in [5.41, 5.74) is 1.21. The molecule has 1 aromatic heterocycles. The van der Waals surface area contributed by atoms with Gasteiger partial charge in [0.25, 0.3) is 5.56 Å². The molecule has 0 aliphatic carbocycles. The standard InChI is InChI=1S/C20H20BrN3O4S/c1-2-28-18-10-8-16(21)14-19(18)29(26,27)22-12-13-24-20(25)11-9-17(23-24)15-6-4-3-5-7-15/h3-11,14,22H,2,12-13H2,1H3. The molecule has 0 spiro atoms. The average molecular weight is 478 g/mol.